The van der Waals surface area contributed by atoms with Crippen LogP contribution < -0.4 is 19.6 Å². The van der Waals surface area contributed by atoms with Gasteiger partial charge in [-0.15, -0.1) is 0 Å². The number of methoxy groups -OCH3 is 1. The molecule has 0 spiro atoms. The van der Waals surface area contributed by atoms with Crippen LogP contribution in [0.4, 0.5) is 0 Å². The summed E-state index contributed by atoms with van der Waals surface area (Å²) < 4.78 is 29.8. The quantitative estimate of drug-likeness (QED) is 0.278. The molecule has 4 aromatic rings. The molecule has 0 unspecified atom stereocenters. The van der Waals surface area contributed by atoms with Gasteiger partial charge in [0.2, 0.25) is 0 Å². The average molecular weight is 460 g/mol. The second-order valence-electron chi connectivity index (χ2n) is 7.94. The van der Waals surface area contributed by atoms with Crippen LogP contribution in [0.2, 0.25) is 0 Å². The van der Waals surface area contributed by atoms with Crippen LogP contribution in [0.15, 0.2) is 69.5 Å². The minimum absolute atomic E-state index is 0.469. The van der Waals surface area contributed by atoms with E-state index in [1.54, 1.807) is 7.11 Å². The number of furan rings is 1. The predicted molar refractivity (Wildman–Crippen MR) is 136 cm³/mol. The van der Waals surface area contributed by atoms with E-state index in [9.17, 15) is 0 Å². The Labute approximate surface area is 200 Å². The van der Waals surface area contributed by atoms with Crippen molar-refractivity contribution in [3.63, 3.8) is 0 Å². The molecule has 0 aliphatic carbocycles. The Kier molecular flexibility index (Phi) is 7.21. The minimum atomic E-state index is 0.469. The molecular weight excluding hydrogens is 428 g/mol. The molecule has 1 heterocycles. The van der Waals surface area contributed by atoms with E-state index >= 15 is 0 Å². The molecule has 0 amide bonds. The van der Waals surface area contributed by atoms with Crippen LogP contribution in [0.5, 0.6) is 17.2 Å². The van der Waals surface area contributed by atoms with Gasteiger partial charge in [0.15, 0.2) is 11.5 Å². The average Bonchev–Trinajstić information content (AvgIpc) is 3.04. The predicted octanol–water partition coefficient (Wildman–Crippen LogP) is 6.62. The summed E-state index contributed by atoms with van der Waals surface area (Å²) in [6.07, 6.45) is 0. The molecule has 0 radical (unpaired) electrons. The van der Waals surface area contributed by atoms with E-state index in [4.69, 9.17) is 23.1 Å². The molecule has 1 aromatic heterocycles. The van der Waals surface area contributed by atoms with Crippen molar-refractivity contribution in [2.45, 2.75) is 34.3 Å². The van der Waals surface area contributed by atoms with Crippen molar-refractivity contribution in [2.75, 3.05) is 20.3 Å². The molecule has 4 rings (SSSR count). The van der Waals surface area contributed by atoms with Gasteiger partial charge in [-0.2, -0.15) is 0 Å². The number of hydrogen-bond donors (Lipinski definition) is 0. The van der Waals surface area contributed by atoms with Crippen LogP contribution in [-0.4, -0.2) is 20.3 Å². The van der Waals surface area contributed by atoms with Gasteiger partial charge in [-0.1, -0.05) is 36.4 Å². The number of aryl methyl sites for hydroxylation is 2. The van der Waals surface area contributed by atoms with Crippen LogP contribution in [-0.2, 0) is 6.61 Å². The van der Waals surface area contributed by atoms with Crippen LogP contribution >= 0.6 is 0 Å². The molecule has 34 heavy (non-hydrogen) atoms. The van der Waals surface area contributed by atoms with Gasteiger partial charge in [-0.25, -0.2) is 0 Å². The Morgan fingerprint density at radius 3 is 2.21 bits per heavy atom. The molecule has 0 fully saturated rings. The zero-order chi connectivity index (χ0) is 24.1. The van der Waals surface area contributed by atoms with E-state index in [1.807, 2.05) is 88.4 Å². The summed E-state index contributed by atoms with van der Waals surface area (Å²) in [5.74, 6) is 3.73. The summed E-state index contributed by atoms with van der Waals surface area (Å²) in [7, 11) is 1.65. The van der Waals surface area contributed by atoms with Crippen molar-refractivity contribution in [1.29, 1.82) is 0 Å². The fourth-order valence-electron chi connectivity index (χ4n) is 4.15. The largest absolute Gasteiger partial charge is 0.493 e. The van der Waals surface area contributed by atoms with Crippen LogP contribution in [0, 0.1) is 13.8 Å². The molecule has 5 nitrogen and oxygen atoms in total. The highest BCUT2D eigenvalue weighted by atomic mass is 16.5. The highest BCUT2D eigenvalue weighted by Gasteiger charge is 2.20. The Balaban J connectivity index is 1.83. The molecule has 0 aliphatic rings. The van der Waals surface area contributed by atoms with Gasteiger partial charge < -0.3 is 18.6 Å². The summed E-state index contributed by atoms with van der Waals surface area (Å²) in [5.41, 5.74) is 3.78. The van der Waals surface area contributed by atoms with E-state index in [2.05, 4.69) is 0 Å². The molecule has 0 N–H and O–H groups in total. The normalized spacial score (nSPS) is 11.6. The Hall–Kier alpha value is -3.73. The van der Waals surface area contributed by atoms with E-state index in [-0.39, 0.29) is 0 Å². The van der Waals surface area contributed by atoms with E-state index in [0.717, 1.165) is 50.2 Å². The van der Waals surface area contributed by atoms with Crippen LogP contribution in [0.3, 0.4) is 0 Å². The lowest BCUT2D eigenvalue weighted by Crippen LogP contribution is -2.02. The highest BCUT2D eigenvalue weighted by Crippen LogP contribution is 2.36. The maximum atomic E-state index is 6.06. The molecule has 176 valence electrons. The lowest BCUT2D eigenvalue weighted by atomic mass is 10.1. The van der Waals surface area contributed by atoms with Crippen LogP contribution in [0.25, 0.3) is 21.9 Å². The zero-order valence-electron chi connectivity index (χ0n) is 20.4. The summed E-state index contributed by atoms with van der Waals surface area (Å²) in [6.45, 7) is 9.42. The monoisotopic (exact) mass is 459 g/mol. The van der Waals surface area contributed by atoms with Gasteiger partial charge >= 0.3 is 5.43 Å². The van der Waals surface area contributed by atoms with Gasteiger partial charge in [-0.05, 0) is 55.7 Å². The number of benzene rings is 2. The molecule has 0 aliphatic heterocycles. The Morgan fingerprint density at radius 2 is 1.50 bits per heavy atom. The smallest absolute Gasteiger partial charge is 0.355 e. The molecule has 0 bridgehead atoms. The highest BCUT2D eigenvalue weighted by molar-refractivity contribution is 5.93. The van der Waals surface area contributed by atoms with Gasteiger partial charge in [0.25, 0.3) is 6.61 Å². The first-order valence-corrected chi connectivity index (χ1v) is 11.6. The van der Waals surface area contributed by atoms with Gasteiger partial charge in [0.1, 0.15) is 29.3 Å². The first-order chi connectivity index (χ1) is 16.5. The lowest BCUT2D eigenvalue weighted by Gasteiger charge is -2.12. The first-order valence-electron chi connectivity index (χ1n) is 11.6. The standard InChI is InChI=1S/C29H31O5/c1-6-31-26-16-23(17-27(32-7-2)29-20(4)34-19(3)28(26)29)22-13-14-24(25(15-22)30-5)33-18-21-11-9-8-10-12-21/h8-17H,6-7,18H2,1-5H3/q+1. The van der Waals surface area contributed by atoms with Crippen molar-refractivity contribution in [3.8, 4) is 28.4 Å². The molecule has 0 saturated carbocycles. The summed E-state index contributed by atoms with van der Waals surface area (Å²) in [4.78, 5) is 0. The molecule has 5 heteroatoms. The number of ether oxygens (including phenoxy) is 3. The third kappa shape index (κ3) is 4.79. The maximum absolute atomic E-state index is 6.06. The zero-order valence-corrected chi connectivity index (χ0v) is 20.4. The van der Waals surface area contributed by atoms with Crippen molar-refractivity contribution in [2.24, 2.45) is 0 Å². The van der Waals surface area contributed by atoms with Gasteiger partial charge in [0.05, 0.1) is 25.2 Å². The SMILES string of the molecule is CCOc1cc(-c2ccc(OCc3ccccc3)c(OC)c2)cc(=[O+]CC)c2c(C)oc(C)c12. The van der Waals surface area contributed by atoms with E-state index in [1.165, 1.54) is 0 Å². The second kappa shape index (κ2) is 10.5. The minimum Gasteiger partial charge on any atom is -0.493 e. The maximum Gasteiger partial charge on any atom is 0.355 e. The Bertz CT molecular complexity index is 1350. The molecule has 0 saturated heterocycles. The van der Waals surface area contributed by atoms with Crippen molar-refractivity contribution < 1.29 is 18.6 Å². The fraction of sp³-hybridized carbons (Fsp3) is 0.276. The number of rotatable bonds is 8. The number of fused-ring (bicyclic) bond motifs is 1. The third-order valence-corrected chi connectivity index (χ3v) is 5.66. The summed E-state index contributed by atoms with van der Waals surface area (Å²) in [5, 5.41) is 1.87. The molecule has 0 atom stereocenters. The van der Waals surface area contributed by atoms with Crippen molar-refractivity contribution in [1.82, 2.24) is 0 Å². The van der Waals surface area contributed by atoms with E-state index in [0.29, 0.717) is 31.3 Å². The van der Waals surface area contributed by atoms with Gasteiger partial charge in [-0.3, -0.25) is 4.42 Å². The van der Waals surface area contributed by atoms with Crippen LogP contribution in [0.1, 0.15) is 30.9 Å². The first kappa shape index (κ1) is 23.4. The van der Waals surface area contributed by atoms with Gasteiger partial charge in [0, 0.05) is 6.92 Å². The van der Waals surface area contributed by atoms with Crippen molar-refractivity contribution >= 4 is 10.8 Å². The second-order valence-corrected chi connectivity index (χ2v) is 7.94. The number of hydrogen-bond acceptors (Lipinski definition) is 4. The lowest BCUT2D eigenvalue weighted by molar-refractivity contribution is 0.284. The Morgan fingerprint density at radius 1 is 0.765 bits per heavy atom. The third-order valence-electron chi connectivity index (χ3n) is 5.66. The fourth-order valence-corrected chi connectivity index (χ4v) is 4.15. The summed E-state index contributed by atoms with van der Waals surface area (Å²) in [6, 6.07) is 20.1. The molecular formula is C29H31O5+. The topological polar surface area (TPSA) is 52.1 Å². The summed E-state index contributed by atoms with van der Waals surface area (Å²) >= 11 is 0. The molecule has 3 aromatic carbocycles. The van der Waals surface area contributed by atoms with E-state index < -0.39 is 0 Å². The van der Waals surface area contributed by atoms with Crippen molar-refractivity contribution in [3.05, 3.63) is 87.6 Å².